The van der Waals surface area contributed by atoms with Gasteiger partial charge in [-0.2, -0.15) is 13.2 Å². The van der Waals surface area contributed by atoms with Crippen LogP contribution in [0.25, 0.3) is 0 Å². The maximum atomic E-state index is 13.2. The zero-order valence-electron chi connectivity index (χ0n) is 14.3. The van der Waals surface area contributed by atoms with E-state index in [-0.39, 0.29) is 11.6 Å². The van der Waals surface area contributed by atoms with E-state index in [2.05, 4.69) is 4.90 Å². The van der Waals surface area contributed by atoms with Crippen molar-refractivity contribution in [2.45, 2.75) is 19.1 Å². The van der Waals surface area contributed by atoms with Crippen molar-refractivity contribution >= 4 is 17.3 Å². The third kappa shape index (κ3) is 3.76. The van der Waals surface area contributed by atoms with Crippen molar-refractivity contribution in [1.82, 2.24) is 0 Å². The summed E-state index contributed by atoms with van der Waals surface area (Å²) >= 11 is 0. The second-order valence-electron chi connectivity index (χ2n) is 6.45. The number of benzene rings is 2. The molecule has 1 atom stereocenters. The summed E-state index contributed by atoms with van der Waals surface area (Å²) in [5.41, 5.74) is 5.69. The Morgan fingerprint density at radius 1 is 1.08 bits per heavy atom. The van der Waals surface area contributed by atoms with Gasteiger partial charge >= 0.3 is 6.18 Å². The van der Waals surface area contributed by atoms with Crippen molar-refractivity contribution in [3.8, 4) is 0 Å². The Kier molecular flexibility index (Phi) is 4.80. The molecule has 1 aliphatic heterocycles. The molecule has 1 unspecified atom stereocenters. The van der Waals surface area contributed by atoms with Gasteiger partial charge in [0.15, 0.2) is 0 Å². The van der Waals surface area contributed by atoms with Gasteiger partial charge in [0.1, 0.15) is 0 Å². The lowest BCUT2D eigenvalue weighted by Gasteiger charge is -2.42. The van der Waals surface area contributed by atoms with Gasteiger partial charge in [0.25, 0.3) is 0 Å². The normalized spacial score (nSPS) is 18.1. The molecule has 1 amide bonds. The highest BCUT2D eigenvalue weighted by atomic mass is 19.4. The zero-order chi connectivity index (χ0) is 18.9. The summed E-state index contributed by atoms with van der Waals surface area (Å²) in [5, 5.41) is 0. The summed E-state index contributed by atoms with van der Waals surface area (Å²) in [6, 6.07) is 13.2. The van der Waals surface area contributed by atoms with Gasteiger partial charge in [-0.15, -0.1) is 0 Å². The standard InChI is InChI=1S/C19H20F3N3O/c1-13-12-24(16-5-3-2-4-6-16)7-8-25(13)17-10-14(18(23)26)9-15(11-17)19(20,21)22/h2-6,9-11,13H,7-8,12H2,1H3,(H2,23,26). The van der Waals surface area contributed by atoms with Gasteiger partial charge in [0, 0.05) is 42.6 Å². The average molecular weight is 363 g/mol. The highest BCUT2D eigenvalue weighted by Gasteiger charge is 2.33. The predicted molar refractivity (Wildman–Crippen MR) is 95.4 cm³/mol. The van der Waals surface area contributed by atoms with Crippen molar-refractivity contribution in [2.75, 3.05) is 29.4 Å². The number of amides is 1. The molecule has 0 bridgehead atoms. The summed E-state index contributed by atoms with van der Waals surface area (Å²) in [7, 11) is 0. The van der Waals surface area contributed by atoms with E-state index in [1.54, 1.807) is 0 Å². The van der Waals surface area contributed by atoms with Gasteiger partial charge in [-0.3, -0.25) is 4.79 Å². The monoisotopic (exact) mass is 363 g/mol. The first-order valence-corrected chi connectivity index (χ1v) is 8.34. The van der Waals surface area contributed by atoms with Gasteiger partial charge in [-0.05, 0) is 37.3 Å². The Morgan fingerprint density at radius 2 is 1.77 bits per heavy atom. The average Bonchev–Trinajstić information content (AvgIpc) is 2.61. The van der Waals surface area contributed by atoms with E-state index in [0.717, 1.165) is 17.8 Å². The smallest absolute Gasteiger partial charge is 0.368 e. The van der Waals surface area contributed by atoms with Crippen LogP contribution in [0.4, 0.5) is 24.5 Å². The lowest BCUT2D eigenvalue weighted by atomic mass is 10.0. The Balaban J connectivity index is 1.87. The van der Waals surface area contributed by atoms with E-state index in [4.69, 9.17) is 5.73 Å². The maximum Gasteiger partial charge on any atom is 0.416 e. The topological polar surface area (TPSA) is 49.6 Å². The fourth-order valence-electron chi connectivity index (χ4n) is 3.30. The number of piperazine rings is 1. The van der Waals surface area contributed by atoms with E-state index < -0.39 is 17.6 Å². The second-order valence-corrected chi connectivity index (χ2v) is 6.45. The first-order valence-electron chi connectivity index (χ1n) is 8.34. The number of nitrogens with two attached hydrogens (primary N) is 1. The summed E-state index contributed by atoms with van der Waals surface area (Å²) in [5.74, 6) is -0.868. The lowest BCUT2D eigenvalue weighted by molar-refractivity contribution is -0.137. The number of hydrogen-bond donors (Lipinski definition) is 1. The molecule has 1 heterocycles. The van der Waals surface area contributed by atoms with E-state index in [1.807, 2.05) is 42.2 Å². The second kappa shape index (κ2) is 6.90. The van der Waals surface area contributed by atoms with Crippen LogP contribution in [0.1, 0.15) is 22.8 Å². The van der Waals surface area contributed by atoms with E-state index >= 15 is 0 Å². The molecule has 2 aromatic rings. The summed E-state index contributed by atoms with van der Waals surface area (Å²) in [6.45, 7) is 3.86. The van der Waals surface area contributed by atoms with Crippen LogP contribution in [-0.4, -0.2) is 31.6 Å². The van der Waals surface area contributed by atoms with Crippen LogP contribution in [0.2, 0.25) is 0 Å². The number of carbonyl (C=O) groups excluding carboxylic acids is 1. The molecule has 0 aromatic heterocycles. The van der Waals surface area contributed by atoms with E-state index in [9.17, 15) is 18.0 Å². The Labute approximate surface area is 150 Å². The number of carbonyl (C=O) groups is 1. The van der Waals surface area contributed by atoms with Crippen LogP contribution >= 0.6 is 0 Å². The largest absolute Gasteiger partial charge is 0.416 e. The molecule has 0 spiro atoms. The van der Waals surface area contributed by atoms with Crippen LogP contribution in [0.5, 0.6) is 0 Å². The SMILES string of the molecule is CC1CN(c2ccccc2)CCN1c1cc(C(N)=O)cc(C(F)(F)F)c1. The van der Waals surface area contributed by atoms with Crippen molar-refractivity contribution in [1.29, 1.82) is 0 Å². The van der Waals surface area contributed by atoms with Crippen molar-refractivity contribution in [2.24, 2.45) is 5.73 Å². The third-order valence-electron chi connectivity index (χ3n) is 4.61. The molecular formula is C19H20F3N3O. The van der Waals surface area contributed by atoms with Gasteiger partial charge < -0.3 is 15.5 Å². The number of rotatable bonds is 3. The van der Waals surface area contributed by atoms with Crippen molar-refractivity contribution < 1.29 is 18.0 Å². The summed E-state index contributed by atoms with van der Waals surface area (Å²) in [6.07, 6.45) is -4.53. The molecule has 1 saturated heterocycles. The van der Waals surface area contributed by atoms with Crippen LogP contribution in [-0.2, 0) is 6.18 Å². The molecule has 3 rings (SSSR count). The number of anilines is 2. The van der Waals surface area contributed by atoms with Gasteiger partial charge in [0.2, 0.25) is 5.91 Å². The number of nitrogens with zero attached hydrogens (tertiary/aromatic N) is 2. The highest BCUT2D eigenvalue weighted by molar-refractivity contribution is 5.94. The molecule has 4 nitrogen and oxygen atoms in total. The van der Waals surface area contributed by atoms with E-state index in [0.29, 0.717) is 25.3 Å². The number of halogens is 3. The van der Waals surface area contributed by atoms with Gasteiger partial charge in [-0.1, -0.05) is 18.2 Å². The third-order valence-corrected chi connectivity index (χ3v) is 4.61. The molecular weight excluding hydrogens is 343 g/mol. The molecule has 0 radical (unpaired) electrons. The number of alkyl halides is 3. The zero-order valence-corrected chi connectivity index (χ0v) is 14.3. The molecule has 2 aromatic carbocycles. The lowest BCUT2D eigenvalue weighted by Crippen LogP contribution is -2.52. The number of primary amides is 1. The van der Waals surface area contributed by atoms with Gasteiger partial charge in [0.05, 0.1) is 5.56 Å². The quantitative estimate of drug-likeness (QED) is 0.908. The minimum Gasteiger partial charge on any atom is -0.368 e. The van der Waals surface area contributed by atoms with Crippen LogP contribution in [0.3, 0.4) is 0 Å². The molecule has 7 heteroatoms. The Morgan fingerprint density at radius 3 is 2.35 bits per heavy atom. The molecule has 1 aliphatic rings. The summed E-state index contributed by atoms with van der Waals surface area (Å²) < 4.78 is 39.5. The summed E-state index contributed by atoms with van der Waals surface area (Å²) in [4.78, 5) is 15.6. The first kappa shape index (κ1) is 18.1. The first-order chi connectivity index (χ1) is 12.3. The van der Waals surface area contributed by atoms with Crippen molar-refractivity contribution in [3.05, 3.63) is 59.7 Å². The molecule has 0 saturated carbocycles. The number of para-hydroxylation sites is 1. The van der Waals surface area contributed by atoms with Crippen LogP contribution < -0.4 is 15.5 Å². The number of hydrogen-bond acceptors (Lipinski definition) is 3. The maximum absolute atomic E-state index is 13.2. The molecule has 26 heavy (non-hydrogen) atoms. The Bertz CT molecular complexity index is 792. The van der Waals surface area contributed by atoms with Crippen molar-refractivity contribution in [3.63, 3.8) is 0 Å². The van der Waals surface area contributed by atoms with E-state index in [1.165, 1.54) is 6.07 Å². The fraction of sp³-hybridized carbons (Fsp3) is 0.316. The van der Waals surface area contributed by atoms with Gasteiger partial charge in [-0.25, -0.2) is 0 Å². The molecule has 1 fully saturated rings. The molecule has 138 valence electrons. The minimum absolute atomic E-state index is 0.0202. The highest BCUT2D eigenvalue weighted by Crippen LogP contribution is 2.34. The fourth-order valence-corrected chi connectivity index (χ4v) is 3.30. The molecule has 2 N–H and O–H groups in total. The van der Waals surface area contributed by atoms with Crippen LogP contribution in [0.15, 0.2) is 48.5 Å². The van der Waals surface area contributed by atoms with Crippen LogP contribution in [0, 0.1) is 0 Å². The Hall–Kier alpha value is -2.70. The minimum atomic E-state index is -4.53. The predicted octanol–water partition coefficient (Wildman–Crippen LogP) is 3.52. The molecule has 0 aliphatic carbocycles.